The van der Waals surface area contributed by atoms with Crippen LogP contribution in [0.4, 0.5) is 0 Å². The van der Waals surface area contributed by atoms with Gasteiger partial charge in [0.15, 0.2) is 0 Å². The summed E-state index contributed by atoms with van der Waals surface area (Å²) in [6.07, 6.45) is 4.86. The van der Waals surface area contributed by atoms with Gasteiger partial charge in [-0.25, -0.2) is 0 Å². The van der Waals surface area contributed by atoms with Crippen LogP contribution < -0.4 is 0 Å². The maximum atomic E-state index is 11.8. The lowest BCUT2D eigenvalue weighted by Crippen LogP contribution is -2.43. The van der Waals surface area contributed by atoms with Gasteiger partial charge >= 0.3 is 0 Å². The number of halogens is 1. The van der Waals surface area contributed by atoms with E-state index in [1.165, 1.54) is 25.9 Å². The van der Waals surface area contributed by atoms with E-state index >= 15 is 0 Å². The molecule has 1 saturated heterocycles. The van der Waals surface area contributed by atoms with Crippen LogP contribution in [0.25, 0.3) is 0 Å². The number of nitrogens with zero attached hydrogens (tertiary/aromatic N) is 2. The molecule has 0 aromatic heterocycles. The molecular formula is C14H27BrN2O. The van der Waals surface area contributed by atoms with Gasteiger partial charge in [-0.3, -0.25) is 4.79 Å². The largest absolute Gasteiger partial charge is 0.342 e. The van der Waals surface area contributed by atoms with Crippen LogP contribution in [-0.4, -0.2) is 53.8 Å². The van der Waals surface area contributed by atoms with Gasteiger partial charge in [0.05, 0.1) is 4.83 Å². The first-order chi connectivity index (χ1) is 8.54. The third-order valence-electron chi connectivity index (χ3n) is 3.73. The van der Waals surface area contributed by atoms with Crippen LogP contribution in [0.15, 0.2) is 0 Å². The molecule has 1 atom stereocenters. The van der Waals surface area contributed by atoms with Crippen molar-refractivity contribution in [2.45, 2.75) is 44.4 Å². The maximum absolute atomic E-state index is 11.8. The van der Waals surface area contributed by atoms with Crippen molar-refractivity contribution in [3.05, 3.63) is 0 Å². The highest BCUT2D eigenvalue weighted by Crippen LogP contribution is 2.19. The van der Waals surface area contributed by atoms with E-state index in [1.54, 1.807) is 0 Å². The fourth-order valence-electron chi connectivity index (χ4n) is 2.55. The first-order valence-corrected chi connectivity index (χ1v) is 8.07. The van der Waals surface area contributed by atoms with Crippen molar-refractivity contribution in [3.63, 3.8) is 0 Å². The Balaban J connectivity index is 2.25. The number of unbranched alkanes of at least 4 members (excludes halogenated alkanes) is 1. The van der Waals surface area contributed by atoms with Crippen LogP contribution in [0.5, 0.6) is 0 Å². The van der Waals surface area contributed by atoms with E-state index in [9.17, 15) is 4.79 Å². The zero-order chi connectivity index (χ0) is 13.5. The molecule has 18 heavy (non-hydrogen) atoms. The third kappa shape index (κ3) is 5.27. The van der Waals surface area contributed by atoms with Crippen LogP contribution in [-0.2, 0) is 4.79 Å². The molecule has 1 fully saturated rings. The maximum Gasteiger partial charge on any atom is 0.236 e. The van der Waals surface area contributed by atoms with Gasteiger partial charge in [0.25, 0.3) is 0 Å². The van der Waals surface area contributed by atoms with Crippen LogP contribution in [0.2, 0.25) is 0 Å². The molecule has 0 aromatic carbocycles. The first kappa shape index (κ1) is 16.0. The Bertz CT molecular complexity index is 250. The smallest absolute Gasteiger partial charge is 0.236 e. The van der Waals surface area contributed by atoms with E-state index in [-0.39, 0.29) is 10.7 Å². The number of rotatable bonds is 6. The summed E-state index contributed by atoms with van der Waals surface area (Å²) in [6.45, 7) is 8.40. The fourth-order valence-corrected chi connectivity index (χ4v) is 2.84. The number of hydrogen-bond donors (Lipinski definition) is 0. The standard InChI is InChI=1S/C14H27BrN2O/c1-4-5-8-16(3)11-13-6-9-17(10-7-13)14(18)12(2)15/h12-13H,4-11H2,1-3H3. The lowest BCUT2D eigenvalue weighted by Gasteiger charge is -2.34. The van der Waals surface area contributed by atoms with Gasteiger partial charge in [0.1, 0.15) is 0 Å². The highest BCUT2D eigenvalue weighted by Gasteiger charge is 2.25. The summed E-state index contributed by atoms with van der Waals surface area (Å²) in [4.78, 5) is 16.2. The summed E-state index contributed by atoms with van der Waals surface area (Å²) in [7, 11) is 2.22. The quantitative estimate of drug-likeness (QED) is 0.703. The molecule has 4 heteroatoms. The molecule has 106 valence electrons. The van der Waals surface area contributed by atoms with Gasteiger partial charge in [-0.2, -0.15) is 0 Å². The van der Waals surface area contributed by atoms with Gasteiger partial charge in [-0.05, 0) is 45.7 Å². The highest BCUT2D eigenvalue weighted by atomic mass is 79.9. The van der Waals surface area contributed by atoms with Crippen molar-refractivity contribution in [3.8, 4) is 0 Å². The van der Waals surface area contributed by atoms with Crippen LogP contribution >= 0.6 is 15.9 Å². The van der Waals surface area contributed by atoms with E-state index in [0.717, 1.165) is 31.8 Å². The van der Waals surface area contributed by atoms with Crippen LogP contribution in [0, 0.1) is 5.92 Å². The Morgan fingerprint density at radius 2 is 2.06 bits per heavy atom. The first-order valence-electron chi connectivity index (χ1n) is 7.16. The van der Waals surface area contributed by atoms with Gasteiger partial charge in [0, 0.05) is 19.6 Å². The third-order valence-corrected chi connectivity index (χ3v) is 4.12. The average molecular weight is 319 g/mol. The molecule has 1 heterocycles. The Labute approximate surface area is 120 Å². The molecule has 1 aliphatic rings. The second-order valence-electron chi connectivity index (χ2n) is 5.50. The minimum Gasteiger partial charge on any atom is -0.342 e. The Morgan fingerprint density at radius 1 is 1.44 bits per heavy atom. The Morgan fingerprint density at radius 3 is 2.56 bits per heavy atom. The number of carbonyl (C=O) groups excluding carboxylic acids is 1. The SMILES string of the molecule is CCCCN(C)CC1CCN(C(=O)C(C)Br)CC1. The molecule has 0 spiro atoms. The van der Waals surface area contributed by atoms with Crippen molar-refractivity contribution in [2.75, 3.05) is 33.2 Å². The molecule has 0 aromatic rings. The topological polar surface area (TPSA) is 23.6 Å². The van der Waals surface area contributed by atoms with Crippen LogP contribution in [0.1, 0.15) is 39.5 Å². The summed E-state index contributed by atoms with van der Waals surface area (Å²) in [6, 6.07) is 0. The molecular weight excluding hydrogens is 292 g/mol. The molecule has 0 N–H and O–H groups in total. The van der Waals surface area contributed by atoms with Crippen molar-refractivity contribution in [1.29, 1.82) is 0 Å². The fraction of sp³-hybridized carbons (Fsp3) is 0.929. The molecule has 0 saturated carbocycles. The van der Waals surface area contributed by atoms with Crippen LogP contribution in [0.3, 0.4) is 0 Å². The van der Waals surface area contributed by atoms with E-state index in [2.05, 4.69) is 34.8 Å². The lowest BCUT2D eigenvalue weighted by atomic mass is 9.96. The zero-order valence-electron chi connectivity index (χ0n) is 12.0. The van der Waals surface area contributed by atoms with E-state index in [1.807, 2.05) is 11.8 Å². The monoisotopic (exact) mass is 318 g/mol. The molecule has 0 bridgehead atoms. The summed E-state index contributed by atoms with van der Waals surface area (Å²) in [5.41, 5.74) is 0. The second-order valence-corrected chi connectivity index (χ2v) is 6.87. The highest BCUT2D eigenvalue weighted by molar-refractivity contribution is 9.10. The zero-order valence-corrected chi connectivity index (χ0v) is 13.6. The lowest BCUT2D eigenvalue weighted by molar-refractivity contribution is -0.131. The molecule has 1 unspecified atom stereocenters. The van der Waals surface area contributed by atoms with Crippen molar-refractivity contribution < 1.29 is 4.79 Å². The molecule has 1 aliphatic heterocycles. The number of alkyl halides is 1. The number of hydrogen-bond acceptors (Lipinski definition) is 2. The predicted octanol–water partition coefficient (Wildman–Crippen LogP) is 2.74. The minimum absolute atomic E-state index is 0.0405. The molecule has 0 radical (unpaired) electrons. The summed E-state index contributed by atoms with van der Waals surface area (Å²) in [5, 5.41) is 0. The Hall–Kier alpha value is -0.0900. The second kappa shape index (κ2) is 8.16. The van der Waals surface area contributed by atoms with Gasteiger partial charge in [0.2, 0.25) is 5.91 Å². The number of amides is 1. The molecule has 1 rings (SSSR count). The van der Waals surface area contributed by atoms with Gasteiger partial charge in [-0.15, -0.1) is 0 Å². The van der Waals surface area contributed by atoms with E-state index < -0.39 is 0 Å². The van der Waals surface area contributed by atoms with Crippen molar-refractivity contribution in [1.82, 2.24) is 9.80 Å². The van der Waals surface area contributed by atoms with E-state index in [4.69, 9.17) is 0 Å². The predicted molar refractivity (Wildman–Crippen MR) is 80.1 cm³/mol. The summed E-state index contributed by atoms with van der Waals surface area (Å²) < 4.78 is 0. The minimum atomic E-state index is -0.0405. The molecule has 1 amide bonds. The van der Waals surface area contributed by atoms with Crippen molar-refractivity contribution in [2.24, 2.45) is 5.92 Å². The molecule has 0 aliphatic carbocycles. The summed E-state index contributed by atoms with van der Waals surface area (Å²) in [5.74, 6) is 1.01. The number of likely N-dealkylation sites (tertiary alicyclic amines) is 1. The van der Waals surface area contributed by atoms with E-state index in [0.29, 0.717) is 0 Å². The normalized spacial score (nSPS) is 19.3. The Kier molecular flexibility index (Phi) is 7.23. The number of piperidine rings is 1. The van der Waals surface area contributed by atoms with Gasteiger partial charge in [-0.1, -0.05) is 29.3 Å². The average Bonchev–Trinajstić information content (AvgIpc) is 2.36. The molecule has 3 nitrogen and oxygen atoms in total. The number of carbonyl (C=O) groups is 1. The van der Waals surface area contributed by atoms with Crippen molar-refractivity contribution >= 4 is 21.8 Å². The summed E-state index contributed by atoms with van der Waals surface area (Å²) >= 11 is 3.36. The van der Waals surface area contributed by atoms with Gasteiger partial charge < -0.3 is 9.80 Å².